The van der Waals surface area contributed by atoms with E-state index >= 15 is 0 Å². The molecule has 2 rings (SSSR count). The lowest BCUT2D eigenvalue weighted by molar-refractivity contribution is 0.141. The number of hydrogen-bond donors (Lipinski definition) is 1. The predicted molar refractivity (Wildman–Crippen MR) is 60.3 cm³/mol. The Kier molecular flexibility index (Phi) is 3.38. The maximum atomic E-state index is 5.80. The molecule has 0 bridgehead atoms. The van der Waals surface area contributed by atoms with Crippen molar-refractivity contribution in [2.75, 3.05) is 13.1 Å². The zero-order valence-electron chi connectivity index (χ0n) is 9.39. The number of likely N-dealkylation sites (tertiary alicyclic amines) is 1. The molecule has 0 amide bonds. The zero-order valence-corrected chi connectivity index (χ0v) is 9.39. The molecule has 0 radical (unpaired) electrons. The molecule has 0 aromatic carbocycles. The summed E-state index contributed by atoms with van der Waals surface area (Å²) in [4.78, 5) is 2.49. The van der Waals surface area contributed by atoms with Crippen LogP contribution in [0, 0.1) is 0 Å². The Labute approximate surface area is 91.1 Å². The minimum atomic E-state index is 0.564. The summed E-state index contributed by atoms with van der Waals surface area (Å²) >= 11 is 0. The minimum absolute atomic E-state index is 0.564. The molecule has 1 aromatic heterocycles. The average molecular weight is 208 g/mol. The lowest BCUT2D eigenvalue weighted by atomic mass is 10.0. The molecule has 1 aliphatic rings. The molecule has 15 heavy (non-hydrogen) atoms. The lowest BCUT2D eigenvalue weighted by Crippen LogP contribution is -2.43. The molecule has 0 spiro atoms. The van der Waals surface area contributed by atoms with E-state index in [9.17, 15) is 0 Å². The van der Waals surface area contributed by atoms with Gasteiger partial charge in [-0.1, -0.05) is 6.42 Å². The maximum Gasteiger partial charge on any atom is 0.0521 e. The van der Waals surface area contributed by atoms with Crippen LogP contribution in [0.1, 0.15) is 25.0 Å². The minimum Gasteiger partial charge on any atom is -0.329 e. The summed E-state index contributed by atoms with van der Waals surface area (Å²) in [5, 5.41) is 4.19. The molecule has 84 valence electrons. The molecule has 4 nitrogen and oxygen atoms in total. The molecule has 0 unspecified atom stereocenters. The first-order chi connectivity index (χ1) is 7.31. The van der Waals surface area contributed by atoms with E-state index in [0.717, 1.165) is 13.1 Å². The zero-order chi connectivity index (χ0) is 10.7. The maximum absolute atomic E-state index is 5.80. The van der Waals surface area contributed by atoms with E-state index < -0.39 is 0 Å². The van der Waals surface area contributed by atoms with Gasteiger partial charge < -0.3 is 5.73 Å². The summed E-state index contributed by atoms with van der Waals surface area (Å²) in [6.07, 6.45) is 5.73. The fourth-order valence-electron chi connectivity index (χ4n) is 2.30. The van der Waals surface area contributed by atoms with Crippen LogP contribution in [0.4, 0.5) is 0 Å². The first-order valence-electron chi connectivity index (χ1n) is 5.72. The Morgan fingerprint density at radius 2 is 2.40 bits per heavy atom. The summed E-state index contributed by atoms with van der Waals surface area (Å²) in [6.45, 7) is 2.93. The molecule has 1 atom stereocenters. The van der Waals surface area contributed by atoms with Crippen LogP contribution in [-0.2, 0) is 13.6 Å². The van der Waals surface area contributed by atoms with Gasteiger partial charge in [0.15, 0.2) is 0 Å². The van der Waals surface area contributed by atoms with Gasteiger partial charge in [0.05, 0.1) is 5.69 Å². The first kappa shape index (κ1) is 10.6. The van der Waals surface area contributed by atoms with Gasteiger partial charge in [-0.25, -0.2) is 0 Å². The van der Waals surface area contributed by atoms with Crippen molar-refractivity contribution >= 4 is 0 Å². The Balaban J connectivity index is 2.00. The van der Waals surface area contributed by atoms with E-state index in [1.807, 2.05) is 17.9 Å². The summed E-state index contributed by atoms with van der Waals surface area (Å²) < 4.78 is 1.95. The van der Waals surface area contributed by atoms with E-state index in [4.69, 9.17) is 5.73 Å². The monoisotopic (exact) mass is 208 g/mol. The van der Waals surface area contributed by atoms with Crippen molar-refractivity contribution in [3.63, 3.8) is 0 Å². The highest BCUT2D eigenvalue weighted by atomic mass is 15.3. The van der Waals surface area contributed by atoms with Crippen LogP contribution in [0.5, 0.6) is 0 Å². The van der Waals surface area contributed by atoms with Crippen LogP contribution in [0.3, 0.4) is 0 Å². The third-order valence-corrected chi connectivity index (χ3v) is 3.31. The Morgan fingerprint density at radius 1 is 1.53 bits per heavy atom. The Hall–Kier alpha value is -0.870. The van der Waals surface area contributed by atoms with Crippen LogP contribution in [0.15, 0.2) is 12.3 Å². The molecule has 1 aromatic rings. The lowest BCUT2D eigenvalue weighted by Gasteiger charge is -2.34. The van der Waals surface area contributed by atoms with Crippen LogP contribution in [0.2, 0.25) is 0 Å². The van der Waals surface area contributed by atoms with Crippen molar-refractivity contribution < 1.29 is 0 Å². The van der Waals surface area contributed by atoms with Gasteiger partial charge in [-0.3, -0.25) is 9.58 Å². The van der Waals surface area contributed by atoms with Crippen LogP contribution < -0.4 is 5.73 Å². The second-order valence-electron chi connectivity index (χ2n) is 4.30. The van der Waals surface area contributed by atoms with Gasteiger partial charge in [-0.15, -0.1) is 0 Å². The van der Waals surface area contributed by atoms with Gasteiger partial charge in [-0.2, -0.15) is 5.10 Å². The van der Waals surface area contributed by atoms with Crippen molar-refractivity contribution in [2.24, 2.45) is 12.8 Å². The number of piperidine rings is 1. The number of nitrogens with two attached hydrogens (primary N) is 1. The van der Waals surface area contributed by atoms with Crippen molar-refractivity contribution in [1.29, 1.82) is 0 Å². The summed E-state index contributed by atoms with van der Waals surface area (Å²) in [5.74, 6) is 0. The molecule has 0 saturated carbocycles. The van der Waals surface area contributed by atoms with Gasteiger partial charge in [0.2, 0.25) is 0 Å². The highest BCUT2D eigenvalue weighted by molar-refractivity contribution is 5.00. The Bertz CT molecular complexity index is 307. The van der Waals surface area contributed by atoms with Crippen LogP contribution in [-0.4, -0.2) is 33.8 Å². The molecule has 4 heteroatoms. The summed E-state index contributed by atoms with van der Waals surface area (Å²) in [6, 6.07) is 2.65. The highest BCUT2D eigenvalue weighted by Crippen LogP contribution is 2.18. The number of aryl methyl sites for hydroxylation is 1. The van der Waals surface area contributed by atoms with E-state index in [1.54, 1.807) is 0 Å². The van der Waals surface area contributed by atoms with Crippen LogP contribution >= 0.6 is 0 Å². The van der Waals surface area contributed by atoms with Crippen LogP contribution in [0.25, 0.3) is 0 Å². The Morgan fingerprint density at radius 3 is 3.07 bits per heavy atom. The van der Waals surface area contributed by atoms with Gasteiger partial charge in [0.25, 0.3) is 0 Å². The van der Waals surface area contributed by atoms with Gasteiger partial charge >= 0.3 is 0 Å². The molecule has 2 N–H and O–H groups in total. The summed E-state index contributed by atoms with van der Waals surface area (Å²) in [7, 11) is 2.00. The number of rotatable bonds is 3. The van der Waals surface area contributed by atoms with E-state index in [2.05, 4.69) is 16.1 Å². The molecule has 1 fully saturated rings. The fourth-order valence-corrected chi connectivity index (χ4v) is 2.30. The second-order valence-corrected chi connectivity index (χ2v) is 4.30. The van der Waals surface area contributed by atoms with Gasteiger partial charge in [0.1, 0.15) is 0 Å². The first-order valence-corrected chi connectivity index (χ1v) is 5.72. The standard InChI is InChI=1S/C11H20N4/c1-14-11(5-6-13-14)9-15-7-3-2-4-10(15)8-12/h5-6,10H,2-4,7-9,12H2,1H3/t10-/m1/s1. The normalized spacial score (nSPS) is 23.2. The highest BCUT2D eigenvalue weighted by Gasteiger charge is 2.21. The van der Waals surface area contributed by atoms with E-state index in [-0.39, 0.29) is 0 Å². The fraction of sp³-hybridized carbons (Fsp3) is 0.727. The number of hydrogen-bond acceptors (Lipinski definition) is 3. The molecular formula is C11H20N4. The molecule has 2 heterocycles. The van der Waals surface area contributed by atoms with E-state index in [0.29, 0.717) is 6.04 Å². The summed E-state index contributed by atoms with van der Waals surface area (Å²) in [5.41, 5.74) is 7.07. The van der Waals surface area contributed by atoms with Gasteiger partial charge in [-0.05, 0) is 25.5 Å². The molecule has 1 saturated heterocycles. The second kappa shape index (κ2) is 4.77. The quantitative estimate of drug-likeness (QED) is 0.796. The largest absolute Gasteiger partial charge is 0.329 e. The number of aromatic nitrogens is 2. The number of nitrogens with zero attached hydrogens (tertiary/aromatic N) is 3. The van der Waals surface area contributed by atoms with Crippen molar-refractivity contribution in [3.8, 4) is 0 Å². The molecule has 1 aliphatic heterocycles. The predicted octanol–water partition coefficient (Wildman–Crippen LogP) is 0.733. The average Bonchev–Trinajstić information content (AvgIpc) is 2.65. The third-order valence-electron chi connectivity index (χ3n) is 3.31. The van der Waals surface area contributed by atoms with Gasteiger partial charge in [0, 0.05) is 32.4 Å². The van der Waals surface area contributed by atoms with Crippen molar-refractivity contribution in [3.05, 3.63) is 18.0 Å². The molecular weight excluding hydrogens is 188 g/mol. The topological polar surface area (TPSA) is 47.1 Å². The third kappa shape index (κ3) is 2.38. The SMILES string of the molecule is Cn1nccc1CN1CCCC[C@@H]1CN. The van der Waals surface area contributed by atoms with E-state index in [1.165, 1.54) is 31.5 Å². The molecule has 0 aliphatic carbocycles. The smallest absolute Gasteiger partial charge is 0.0521 e. The van der Waals surface area contributed by atoms with Crippen molar-refractivity contribution in [1.82, 2.24) is 14.7 Å². The van der Waals surface area contributed by atoms with Crippen molar-refractivity contribution in [2.45, 2.75) is 31.8 Å².